The molecule has 0 aromatic heterocycles. The first-order valence-corrected chi connectivity index (χ1v) is 12.4. The molecule has 0 unspecified atom stereocenters. The van der Waals surface area contributed by atoms with Gasteiger partial charge in [0.1, 0.15) is 0 Å². The van der Waals surface area contributed by atoms with Gasteiger partial charge in [-0.2, -0.15) is 0 Å². The first-order chi connectivity index (χ1) is 15.3. The fraction of sp³-hybridized carbons (Fsp3) is 0.417. The number of rotatable bonds is 7. The SMILES string of the molecule is COC(=O)c1ccc(C(=O)Nc2ccc(S(=O)(=O)N[C@H](C)[C@@H]3C[C@H]4CC[C@H]3C4)cc2)cc1. The molecule has 32 heavy (non-hydrogen) atoms. The van der Waals surface area contributed by atoms with Crippen molar-refractivity contribution >= 4 is 27.6 Å². The Morgan fingerprint density at radius 2 is 1.62 bits per heavy atom. The van der Waals surface area contributed by atoms with Crippen molar-refractivity contribution in [1.82, 2.24) is 4.72 Å². The Labute approximate surface area is 188 Å². The Morgan fingerprint density at radius 3 is 2.19 bits per heavy atom. The summed E-state index contributed by atoms with van der Waals surface area (Å²) in [5.74, 6) is 0.971. The van der Waals surface area contributed by atoms with Crippen LogP contribution in [0.1, 0.15) is 53.3 Å². The molecule has 2 aromatic carbocycles. The predicted molar refractivity (Wildman–Crippen MR) is 121 cm³/mol. The molecule has 0 saturated heterocycles. The number of benzene rings is 2. The summed E-state index contributed by atoms with van der Waals surface area (Å²) in [6, 6.07) is 12.1. The van der Waals surface area contributed by atoms with E-state index in [4.69, 9.17) is 0 Å². The Balaban J connectivity index is 1.37. The third kappa shape index (κ3) is 4.71. The highest BCUT2D eigenvalue weighted by Gasteiger charge is 2.42. The summed E-state index contributed by atoms with van der Waals surface area (Å²) in [4.78, 5) is 24.1. The lowest BCUT2D eigenvalue weighted by Crippen LogP contribution is -2.40. The van der Waals surface area contributed by atoms with Crippen molar-refractivity contribution in [3.8, 4) is 0 Å². The smallest absolute Gasteiger partial charge is 0.337 e. The van der Waals surface area contributed by atoms with Crippen molar-refractivity contribution in [1.29, 1.82) is 0 Å². The maximum absolute atomic E-state index is 12.8. The minimum atomic E-state index is -3.63. The fourth-order valence-corrected chi connectivity index (χ4v) is 6.40. The Kier molecular flexibility index (Phi) is 6.35. The second-order valence-corrected chi connectivity index (χ2v) is 10.5. The first kappa shape index (κ1) is 22.5. The quantitative estimate of drug-likeness (QED) is 0.617. The average molecular weight is 457 g/mol. The normalized spacial score (nSPS) is 23.0. The van der Waals surface area contributed by atoms with Crippen molar-refractivity contribution < 1.29 is 22.7 Å². The number of carbonyl (C=O) groups excluding carboxylic acids is 2. The molecule has 0 spiro atoms. The van der Waals surface area contributed by atoms with Gasteiger partial charge in [-0.3, -0.25) is 4.79 Å². The van der Waals surface area contributed by atoms with Crippen LogP contribution in [0.15, 0.2) is 53.4 Å². The minimum Gasteiger partial charge on any atom is -0.465 e. The number of nitrogens with one attached hydrogen (secondary N) is 2. The standard InChI is InChI=1S/C24H28N2O5S/c1-15(22-14-16-3-4-19(22)13-16)26-32(29,30)21-11-9-20(10-12-21)25-23(27)17-5-7-18(8-6-17)24(28)31-2/h5-12,15-16,19,22,26H,3-4,13-14H2,1-2H3,(H,25,27)/t15-,16+,19+,22+/m1/s1. The van der Waals surface area contributed by atoms with Crippen molar-refractivity contribution in [3.05, 3.63) is 59.7 Å². The highest BCUT2D eigenvalue weighted by Crippen LogP contribution is 2.49. The molecule has 0 heterocycles. The maximum atomic E-state index is 12.8. The molecule has 2 N–H and O–H groups in total. The van der Waals surface area contributed by atoms with E-state index in [0.717, 1.165) is 12.3 Å². The molecule has 8 heteroatoms. The van der Waals surface area contributed by atoms with Gasteiger partial charge in [0.05, 0.1) is 17.6 Å². The molecule has 2 aliphatic carbocycles. The summed E-state index contributed by atoms with van der Waals surface area (Å²) in [6.07, 6.45) is 4.83. The average Bonchev–Trinajstić information content (AvgIpc) is 3.43. The number of ether oxygens (including phenoxy) is 1. The Morgan fingerprint density at radius 1 is 0.969 bits per heavy atom. The molecule has 170 valence electrons. The lowest BCUT2D eigenvalue weighted by Gasteiger charge is -2.28. The second-order valence-electron chi connectivity index (χ2n) is 8.80. The van der Waals surface area contributed by atoms with E-state index in [1.165, 1.54) is 62.8 Å². The third-order valence-electron chi connectivity index (χ3n) is 6.77. The zero-order valence-electron chi connectivity index (χ0n) is 18.2. The highest BCUT2D eigenvalue weighted by atomic mass is 32.2. The van der Waals surface area contributed by atoms with Gasteiger partial charge in [0.2, 0.25) is 10.0 Å². The molecule has 2 fully saturated rings. The van der Waals surface area contributed by atoms with Gasteiger partial charge in [-0.25, -0.2) is 17.9 Å². The molecular weight excluding hydrogens is 428 g/mol. The van der Waals surface area contributed by atoms with E-state index in [0.29, 0.717) is 28.7 Å². The molecule has 4 atom stereocenters. The zero-order chi connectivity index (χ0) is 22.9. The van der Waals surface area contributed by atoms with Crippen LogP contribution in [-0.4, -0.2) is 33.4 Å². The monoisotopic (exact) mass is 456 g/mol. The fourth-order valence-electron chi connectivity index (χ4n) is 5.10. The van der Waals surface area contributed by atoms with Gasteiger partial charge in [0.25, 0.3) is 5.91 Å². The number of methoxy groups -OCH3 is 1. The molecule has 2 saturated carbocycles. The molecule has 4 rings (SSSR count). The summed E-state index contributed by atoms with van der Waals surface area (Å²) in [6.45, 7) is 1.96. The predicted octanol–water partition coefficient (Wildman–Crippen LogP) is 3.83. The summed E-state index contributed by atoms with van der Waals surface area (Å²) < 4.78 is 33.2. The molecule has 7 nitrogen and oxygen atoms in total. The molecular formula is C24H28N2O5S. The van der Waals surface area contributed by atoms with Crippen LogP contribution in [0.5, 0.6) is 0 Å². The van der Waals surface area contributed by atoms with E-state index in [1.807, 2.05) is 6.92 Å². The second kappa shape index (κ2) is 9.03. The van der Waals surface area contributed by atoms with Crippen LogP contribution in [-0.2, 0) is 14.8 Å². The van der Waals surface area contributed by atoms with Crippen LogP contribution in [0, 0.1) is 17.8 Å². The minimum absolute atomic E-state index is 0.0948. The van der Waals surface area contributed by atoms with Gasteiger partial charge in [-0.1, -0.05) is 6.42 Å². The van der Waals surface area contributed by atoms with Crippen molar-refractivity contribution in [2.24, 2.45) is 17.8 Å². The van der Waals surface area contributed by atoms with Crippen LogP contribution >= 0.6 is 0 Å². The van der Waals surface area contributed by atoms with Gasteiger partial charge < -0.3 is 10.1 Å². The molecule has 2 aliphatic rings. The largest absolute Gasteiger partial charge is 0.465 e. The van der Waals surface area contributed by atoms with E-state index in [1.54, 1.807) is 12.1 Å². The van der Waals surface area contributed by atoms with E-state index >= 15 is 0 Å². The number of carbonyl (C=O) groups is 2. The molecule has 2 bridgehead atoms. The summed E-state index contributed by atoms with van der Waals surface area (Å²) in [5.41, 5.74) is 1.20. The van der Waals surface area contributed by atoms with Crippen LogP contribution in [0.3, 0.4) is 0 Å². The number of esters is 1. The van der Waals surface area contributed by atoms with Crippen LogP contribution in [0.4, 0.5) is 5.69 Å². The topological polar surface area (TPSA) is 102 Å². The first-order valence-electron chi connectivity index (χ1n) is 10.9. The third-order valence-corrected chi connectivity index (χ3v) is 8.34. The number of sulfonamides is 1. The Bertz CT molecular complexity index is 1100. The van der Waals surface area contributed by atoms with Gasteiger partial charge >= 0.3 is 5.97 Å². The van der Waals surface area contributed by atoms with Gasteiger partial charge in [-0.05, 0) is 92.5 Å². The molecule has 2 aromatic rings. The van der Waals surface area contributed by atoms with Gasteiger partial charge in [0, 0.05) is 17.3 Å². The van der Waals surface area contributed by atoms with Crippen LogP contribution < -0.4 is 10.0 Å². The summed E-state index contributed by atoms with van der Waals surface area (Å²) in [5, 5.41) is 2.73. The van der Waals surface area contributed by atoms with Crippen LogP contribution in [0.25, 0.3) is 0 Å². The van der Waals surface area contributed by atoms with E-state index < -0.39 is 16.0 Å². The molecule has 0 aliphatic heterocycles. The molecule has 1 amide bonds. The van der Waals surface area contributed by atoms with E-state index in [-0.39, 0.29) is 16.8 Å². The number of anilines is 1. The van der Waals surface area contributed by atoms with Crippen molar-refractivity contribution in [2.45, 2.75) is 43.5 Å². The maximum Gasteiger partial charge on any atom is 0.337 e. The number of hydrogen-bond acceptors (Lipinski definition) is 5. The van der Waals surface area contributed by atoms with Crippen LogP contribution in [0.2, 0.25) is 0 Å². The number of fused-ring (bicyclic) bond motifs is 2. The summed E-state index contributed by atoms with van der Waals surface area (Å²) >= 11 is 0. The van der Waals surface area contributed by atoms with Gasteiger partial charge in [-0.15, -0.1) is 0 Å². The summed E-state index contributed by atoms with van der Waals surface area (Å²) in [7, 11) is -2.34. The highest BCUT2D eigenvalue weighted by molar-refractivity contribution is 7.89. The van der Waals surface area contributed by atoms with E-state index in [2.05, 4.69) is 14.8 Å². The molecule has 0 radical (unpaired) electrons. The van der Waals surface area contributed by atoms with Crippen molar-refractivity contribution in [3.63, 3.8) is 0 Å². The lowest BCUT2D eigenvalue weighted by atomic mass is 9.84. The Hall–Kier alpha value is -2.71. The zero-order valence-corrected chi connectivity index (χ0v) is 19.0. The van der Waals surface area contributed by atoms with Gasteiger partial charge in [0.15, 0.2) is 0 Å². The number of hydrogen-bond donors (Lipinski definition) is 2. The van der Waals surface area contributed by atoms with E-state index in [9.17, 15) is 18.0 Å². The van der Waals surface area contributed by atoms with Crippen molar-refractivity contribution in [2.75, 3.05) is 12.4 Å². The lowest BCUT2D eigenvalue weighted by molar-refractivity contribution is 0.0600. The number of amides is 1.